The second kappa shape index (κ2) is 10.5. The van der Waals surface area contributed by atoms with E-state index in [2.05, 4.69) is 13.8 Å². The van der Waals surface area contributed by atoms with E-state index in [1.807, 2.05) is 6.08 Å². The molecule has 0 spiro atoms. The van der Waals surface area contributed by atoms with Gasteiger partial charge in [-0.1, -0.05) is 52.0 Å². The summed E-state index contributed by atoms with van der Waals surface area (Å²) in [5, 5.41) is 0. The van der Waals surface area contributed by atoms with Crippen molar-refractivity contribution in [1.29, 1.82) is 0 Å². The average Bonchev–Trinajstić information content (AvgIpc) is 2.20. The molecule has 1 heteroatoms. The molecule has 0 aromatic rings. The van der Waals surface area contributed by atoms with Gasteiger partial charge in [-0.2, -0.15) is 0 Å². The van der Waals surface area contributed by atoms with Crippen LogP contribution < -0.4 is 0 Å². The zero-order valence-corrected chi connectivity index (χ0v) is 9.72. The summed E-state index contributed by atoms with van der Waals surface area (Å²) in [4.78, 5) is 11.2. The number of allylic oxidation sites excluding steroid dienone is 2. The van der Waals surface area contributed by atoms with Crippen LogP contribution in [0.4, 0.5) is 0 Å². The minimum Gasteiger partial charge on any atom is -0.295 e. The molecule has 0 aliphatic carbocycles. The van der Waals surface area contributed by atoms with Crippen molar-refractivity contribution < 1.29 is 4.79 Å². The van der Waals surface area contributed by atoms with Crippen LogP contribution in [0.5, 0.6) is 0 Å². The fraction of sp³-hybridized carbons (Fsp3) is 0.769. The van der Waals surface area contributed by atoms with Crippen LogP contribution in [-0.4, -0.2) is 5.78 Å². The van der Waals surface area contributed by atoms with Gasteiger partial charge in [0.2, 0.25) is 0 Å². The maximum absolute atomic E-state index is 11.2. The Morgan fingerprint density at radius 1 is 1.00 bits per heavy atom. The Hall–Kier alpha value is -0.590. The summed E-state index contributed by atoms with van der Waals surface area (Å²) in [5.74, 6) is 0.294. The largest absolute Gasteiger partial charge is 0.295 e. The fourth-order valence-corrected chi connectivity index (χ4v) is 1.41. The van der Waals surface area contributed by atoms with Gasteiger partial charge in [-0.3, -0.25) is 4.79 Å². The van der Waals surface area contributed by atoms with E-state index in [9.17, 15) is 4.79 Å². The second-order valence-corrected chi connectivity index (χ2v) is 3.79. The molecule has 0 aliphatic heterocycles. The molecule has 0 atom stereocenters. The third kappa shape index (κ3) is 9.50. The molecule has 14 heavy (non-hydrogen) atoms. The van der Waals surface area contributed by atoms with Gasteiger partial charge in [0.1, 0.15) is 0 Å². The molecular formula is C13H24O. The number of carbonyl (C=O) groups excluding carboxylic acids is 1. The zero-order chi connectivity index (χ0) is 10.6. The Morgan fingerprint density at radius 3 is 2.29 bits per heavy atom. The van der Waals surface area contributed by atoms with Crippen LogP contribution in [-0.2, 0) is 4.79 Å². The van der Waals surface area contributed by atoms with Crippen LogP contribution in [0.3, 0.4) is 0 Å². The SMILES string of the molecule is CC/C=C/C(=O)CCCCCCCC. The lowest BCUT2D eigenvalue weighted by atomic mass is 10.1. The van der Waals surface area contributed by atoms with Crippen LogP contribution in [0.25, 0.3) is 0 Å². The summed E-state index contributed by atoms with van der Waals surface area (Å²) in [6, 6.07) is 0. The first kappa shape index (κ1) is 13.4. The van der Waals surface area contributed by atoms with E-state index < -0.39 is 0 Å². The molecule has 0 N–H and O–H groups in total. The highest BCUT2D eigenvalue weighted by Crippen LogP contribution is 2.07. The lowest BCUT2D eigenvalue weighted by Crippen LogP contribution is -1.92. The second-order valence-electron chi connectivity index (χ2n) is 3.79. The number of ketones is 1. The van der Waals surface area contributed by atoms with Crippen LogP contribution in [0.1, 0.15) is 65.2 Å². The summed E-state index contributed by atoms with van der Waals surface area (Å²) < 4.78 is 0. The minimum atomic E-state index is 0.294. The number of carbonyl (C=O) groups is 1. The molecule has 0 unspecified atom stereocenters. The molecule has 0 radical (unpaired) electrons. The van der Waals surface area contributed by atoms with Gasteiger partial charge in [-0.15, -0.1) is 0 Å². The van der Waals surface area contributed by atoms with Crippen molar-refractivity contribution >= 4 is 5.78 Å². The van der Waals surface area contributed by atoms with E-state index in [0.717, 1.165) is 19.3 Å². The molecule has 0 bridgehead atoms. The number of hydrogen-bond acceptors (Lipinski definition) is 1. The first-order valence-electron chi connectivity index (χ1n) is 6.00. The van der Waals surface area contributed by atoms with Crippen molar-refractivity contribution in [2.45, 2.75) is 65.2 Å². The smallest absolute Gasteiger partial charge is 0.155 e. The summed E-state index contributed by atoms with van der Waals surface area (Å²) in [6.07, 6.45) is 12.9. The number of unbranched alkanes of at least 4 members (excludes halogenated alkanes) is 5. The molecule has 0 fully saturated rings. The standard InChI is InChI=1S/C13H24O/c1-3-5-7-8-9-10-12-13(14)11-6-4-2/h6,11H,3-5,7-10,12H2,1-2H3/b11-6+. The maximum Gasteiger partial charge on any atom is 0.155 e. The summed E-state index contributed by atoms with van der Waals surface area (Å²) in [6.45, 7) is 4.27. The topological polar surface area (TPSA) is 17.1 Å². The van der Waals surface area contributed by atoms with Crippen molar-refractivity contribution in [1.82, 2.24) is 0 Å². The molecule has 0 saturated carbocycles. The van der Waals surface area contributed by atoms with Gasteiger partial charge in [-0.05, 0) is 18.9 Å². The Bertz CT molecular complexity index is 159. The first-order valence-corrected chi connectivity index (χ1v) is 6.00. The van der Waals surface area contributed by atoms with E-state index in [0.29, 0.717) is 5.78 Å². The Kier molecular flexibility index (Phi) is 10.0. The van der Waals surface area contributed by atoms with E-state index in [1.165, 1.54) is 32.1 Å². The fourth-order valence-electron chi connectivity index (χ4n) is 1.41. The molecule has 82 valence electrons. The molecule has 0 saturated heterocycles. The molecule has 1 nitrogen and oxygen atoms in total. The lowest BCUT2D eigenvalue weighted by Gasteiger charge is -1.98. The number of hydrogen-bond donors (Lipinski definition) is 0. The summed E-state index contributed by atoms with van der Waals surface area (Å²) in [5.41, 5.74) is 0. The Labute approximate surface area is 88.6 Å². The third-order valence-electron chi connectivity index (χ3n) is 2.32. The van der Waals surface area contributed by atoms with Crippen molar-refractivity contribution in [3.63, 3.8) is 0 Å². The monoisotopic (exact) mass is 196 g/mol. The predicted molar refractivity (Wildman–Crippen MR) is 62.4 cm³/mol. The van der Waals surface area contributed by atoms with Crippen molar-refractivity contribution in [2.24, 2.45) is 0 Å². The van der Waals surface area contributed by atoms with Gasteiger partial charge in [0, 0.05) is 6.42 Å². The lowest BCUT2D eigenvalue weighted by molar-refractivity contribution is -0.114. The van der Waals surface area contributed by atoms with Crippen LogP contribution in [0, 0.1) is 0 Å². The molecule has 0 amide bonds. The van der Waals surface area contributed by atoms with E-state index in [-0.39, 0.29) is 0 Å². The van der Waals surface area contributed by atoms with Gasteiger partial charge in [0.05, 0.1) is 0 Å². The molecule has 0 heterocycles. The Morgan fingerprint density at radius 2 is 1.64 bits per heavy atom. The van der Waals surface area contributed by atoms with Gasteiger partial charge >= 0.3 is 0 Å². The van der Waals surface area contributed by atoms with E-state index in [1.54, 1.807) is 6.08 Å². The van der Waals surface area contributed by atoms with Crippen molar-refractivity contribution in [3.05, 3.63) is 12.2 Å². The minimum absolute atomic E-state index is 0.294. The van der Waals surface area contributed by atoms with Gasteiger partial charge in [0.25, 0.3) is 0 Å². The quantitative estimate of drug-likeness (QED) is 0.397. The third-order valence-corrected chi connectivity index (χ3v) is 2.32. The Balaban J connectivity index is 3.19. The van der Waals surface area contributed by atoms with Crippen LogP contribution in [0.2, 0.25) is 0 Å². The van der Waals surface area contributed by atoms with Crippen molar-refractivity contribution in [2.75, 3.05) is 0 Å². The molecule has 0 aromatic carbocycles. The van der Waals surface area contributed by atoms with E-state index in [4.69, 9.17) is 0 Å². The maximum atomic E-state index is 11.2. The van der Waals surface area contributed by atoms with Crippen molar-refractivity contribution in [3.8, 4) is 0 Å². The average molecular weight is 196 g/mol. The van der Waals surface area contributed by atoms with Gasteiger partial charge in [-0.25, -0.2) is 0 Å². The number of rotatable bonds is 9. The predicted octanol–water partition coefficient (Wildman–Crippen LogP) is 4.27. The molecule has 0 aliphatic rings. The molecule has 0 aromatic heterocycles. The summed E-state index contributed by atoms with van der Waals surface area (Å²) >= 11 is 0. The first-order chi connectivity index (χ1) is 6.81. The highest BCUT2D eigenvalue weighted by molar-refractivity contribution is 5.89. The van der Waals surface area contributed by atoms with Gasteiger partial charge < -0.3 is 0 Å². The highest BCUT2D eigenvalue weighted by Gasteiger charge is 1.95. The summed E-state index contributed by atoms with van der Waals surface area (Å²) in [7, 11) is 0. The van der Waals surface area contributed by atoms with E-state index >= 15 is 0 Å². The normalized spacial score (nSPS) is 11.0. The molecular weight excluding hydrogens is 172 g/mol. The van der Waals surface area contributed by atoms with Crippen LogP contribution in [0.15, 0.2) is 12.2 Å². The zero-order valence-electron chi connectivity index (χ0n) is 9.72. The highest BCUT2D eigenvalue weighted by atomic mass is 16.1. The van der Waals surface area contributed by atoms with Crippen LogP contribution >= 0.6 is 0 Å². The molecule has 0 rings (SSSR count). The van der Waals surface area contributed by atoms with Gasteiger partial charge in [0.15, 0.2) is 5.78 Å².